The zero-order valence-corrected chi connectivity index (χ0v) is 11.2. The Morgan fingerprint density at radius 3 is 2.78 bits per heavy atom. The van der Waals surface area contributed by atoms with E-state index in [1.165, 1.54) is 0 Å². The number of aryl methyl sites for hydroxylation is 1. The molecular formula is C13H21N3O2. The fourth-order valence-corrected chi connectivity index (χ4v) is 1.72. The van der Waals surface area contributed by atoms with Gasteiger partial charge < -0.3 is 15.3 Å². The van der Waals surface area contributed by atoms with Crippen LogP contribution < -0.4 is 5.32 Å². The van der Waals surface area contributed by atoms with Gasteiger partial charge in [0.15, 0.2) is 0 Å². The van der Waals surface area contributed by atoms with Gasteiger partial charge in [0, 0.05) is 12.7 Å². The Kier molecular flexibility index (Phi) is 5.58. The van der Waals surface area contributed by atoms with Crippen LogP contribution in [0.1, 0.15) is 28.8 Å². The molecule has 0 atom stereocenters. The van der Waals surface area contributed by atoms with Crippen LogP contribution in [0.5, 0.6) is 0 Å². The molecule has 0 fully saturated rings. The van der Waals surface area contributed by atoms with Crippen molar-refractivity contribution in [3.63, 3.8) is 0 Å². The van der Waals surface area contributed by atoms with Crippen molar-refractivity contribution in [3.05, 3.63) is 23.4 Å². The molecule has 2 N–H and O–H groups in total. The molecule has 0 aliphatic heterocycles. The molecule has 5 nitrogen and oxygen atoms in total. The number of carboxylic acid groups (broad SMARTS) is 1. The number of nitrogens with zero attached hydrogens (tertiary/aromatic N) is 2. The number of hydrogen-bond donors (Lipinski definition) is 2. The lowest BCUT2D eigenvalue weighted by Crippen LogP contribution is -2.15. The van der Waals surface area contributed by atoms with Gasteiger partial charge in [0.25, 0.3) is 0 Å². The van der Waals surface area contributed by atoms with Crippen molar-refractivity contribution < 1.29 is 9.90 Å². The predicted octanol–water partition coefficient (Wildman–Crippen LogP) is 1.84. The average molecular weight is 251 g/mol. The lowest BCUT2D eigenvalue weighted by atomic mass is 10.1. The number of pyridine rings is 1. The van der Waals surface area contributed by atoms with E-state index in [4.69, 9.17) is 5.11 Å². The van der Waals surface area contributed by atoms with Gasteiger partial charge >= 0.3 is 5.97 Å². The van der Waals surface area contributed by atoms with Gasteiger partial charge in [-0.05, 0) is 52.0 Å². The van der Waals surface area contributed by atoms with Crippen LogP contribution in [-0.4, -0.2) is 48.1 Å². The van der Waals surface area contributed by atoms with Crippen molar-refractivity contribution in [3.8, 4) is 0 Å². The zero-order chi connectivity index (χ0) is 13.5. The molecule has 1 aromatic heterocycles. The van der Waals surface area contributed by atoms with E-state index in [-0.39, 0.29) is 5.56 Å². The third-order valence-electron chi connectivity index (χ3n) is 2.70. The molecule has 1 aromatic rings. The maximum Gasteiger partial charge on any atom is 0.339 e. The Morgan fingerprint density at radius 1 is 1.44 bits per heavy atom. The molecule has 0 saturated heterocycles. The Labute approximate surface area is 108 Å². The first-order valence-electron chi connectivity index (χ1n) is 6.10. The summed E-state index contributed by atoms with van der Waals surface area (Å²) in [4.78, 5) is 17.4. The highest BCUT2D eigenvalue weighted by Gasteiger charge is 2.13. The van der Waals surface area contributed by atoms with Gasteiger partial charge in [-0.25, -0.2) is 9.78 Å². The molecule has 0 radical (unpaired) electrons. The maximum atomic E-state index is 11.1. The van der Waals surface area contributed by atoms with E-state index < -0.39 is 5.97 Å². The number of rotatable bonds is 7. The molecule has 1 rings (SSSR count). The predicted molar refractivity (Wildman–Crippen MR) is 72.2 cm³/mol. The Bertz CT molecular complexity index is 405. The summed E-state index contributed by atoms with van der Waals surface area (Å²) in [5, 5.41) is 12.2. The second-order valence-corrected chi connectivity index (χ2v) is 4.59. The second-order valence-electron chi connectivity index (χ2n) is 4.59. The summed E-state index contributed by atoms with van der Waals surface area (Å²) in [6.45, 7) is 3.56. The molecule has 0 aromatic carbocycles. The number of nitrogens with one attached hydrogen (secondary N) is 1. The summed E-state index contributed by atoms with van der Waals surface area (Å²) in [6.07, 6.45) is 3.70. The van der Waals surface area contributed by atoms with E-state index in [1.54, 1.807) is 19.2 Å². The highest BCUT2D eigenvalue weighted by atomic mass is 16.4. The number of anilines is 1. The molecule has 5 heteroatoms. The molecule has 0 amide bonds. The molecule has 1 heterocycles. The van der Waals surface area contributed by atoms with Crippen LogP contribution in [0.25, 0.3) is 0 Å². The number of carboxylic acids is 1. The summed E-state index contributed by atoms with van der Waals surface area (Å²) < 4.78 is 0. The number of unbranched alkanes of at least 4 members (excludes halogenated alkanes) is 1. The first-order valence-corrected chi connectivity index (χ1v) is 6.10. The Hall–Kier alpha value is -1.62. The molecule has 0 spiro atoms. The quantitative estimate of drug-likeness (QED) is 0.724. The smallest absolute Gasteiger partial charge is 0.339 e. The Balaban J connectivity index is 2.52. The van der Waals surface area contributed by atoms with E-state index >= 15 is 0 Å². The summed E-state index contributed by atoms with van der Waals surface area (Å²) in [6, 6.07) is 1.71. The molecule has 0 unspecified atom stereocenters. The molecule has 0 bridgehead atoms. The highest BCUT2D eigenvalue weighted by Crippen LogP contribution is 2.16. The van der Waals surface area contributed by atoms with Crippen LogP contribution in [0.15, 0.2) is 12.3 Å². The first-order chi connectivity index (χ1) is 8.52. The van der Waals surface area contributed by atoms with Gasteiger partial charge in [-0.1, -0.05) is 0 Å². The van der Waals surface area contributed by atoms with E-state index in [9.17, 15) is 4.79 Å². The van der Waals surface area contributed by atoms with Gasteiger partial charge in [-0.15, -0.1) is 0 Å². The molecule has 0 aliphatic carbocycles. The number of aromatic nitrogens is 1. The summed E-state index contributed by atoms with van der Waals surface area (Å²) in [7, 11) is 4.08. The van der Waals surface area contributed by atoms with Crippen molar-refractivity contribution >= 4 is 11.8 Å². The van der Waals surface area contributed by atoms with Crippen LogP contribution in [0.2, 0.25) is 0 Å². The summed E-state index contributed by atoms with van der Waals surface area (Å²) in [5.41, 5.74) is 0.999. The zero-order valence-electron chi connectivity index (χ0n) is 11.2. The van der Waals surface area contributed by atoms with E-state index in [1.807, 2.05) is 14.1 Å². The molecule has 18 heavy (non-hydrogen) atoms. The Morgan fingerprint density at radius 2 is 2.17 bits per heavy atom. The van der Waals surface area contributed by atoms with Crippen molar-refractivity contribution in [2.75, 3.05) is 32.5 Å². The summed E-state index contributed by atoms with van der Waals surface area (Å²) in [5.74, 6) is -0.469. The maximum absolute atomic E-state index is 11.1. The van der Waals surface area contributed by atoms with Gasteiger partial charge in [0.1, 0.15) is 11.4 Å². The van der Waals surface area contributed by atoms with Gasteiger partial charge in [-0.3, -0.25) is 0 Å². The van der Waals surface area contributed by atoms with Crippen molar-refractivity contribution in [2.45, 2.75) is 19.8 Å². The fourth-order valence-electron chi connectivity index (χ4n) is 1.72. The largest absolute Gasteiger partial charge is 0.478 e. The minimum absolute atomic E-state index is 0.269. The van der Waals surface area contributed by atoms with Crippen LogP contribution >= 0.6 is 0 Å². The fraction of sp³-hybridized carbons (Fsp3) is 0.538. The number of carbonyl (C=O) groups is 1. The number of hydrogen-bond acceptors (Lipinski definition) is 4. The molecule has 0 saturated carbocycles. The van der Waals surface area contributed by atoms with Crippen molar-refractivity contribution in [1.29, 1.82) is 0 Å². The third kappa shape index (κ3) is 4.33. The lowest BCUT2D eigenvalue weighted by Gasteiger charge is -2.11. The number of aromatic carboxylic acids is 1. The van der Waals surface area contributed by atoms with E-state index in [2.05, 4.69) is 15.2 Å². The van der Waals surface area contributed by atoms with Crippen LogP contribution in [0.4, 0.5) is 5.82 Å². The molecule has 100 valence electrons. The van der Waals surface area contributed by atoms with Gasteiger partial charge in [0.05, 0.1) is 0 Å². The second kappa shape index (κ2) is 6.96. The average Bonchev–Trinajstić information content (AvgIpc) is 2.27. The topological polar surface area (TPSA) is 65.5 Å². The van der Waals surface area contributed by atoms with E-state index in [0.29, 0.717) is 5.82 Å². The van der Waals surface area contributed by atoms with Gasteiger partial charge in [-0.2, -0.15) is 0 Å². The SMILES string of the molecule is Cc1ccnc(NCCCCN(C)C)c1C(=O)O. The minimum atomic E-state index is -0.934. The highest BCUT2D eigenvalue weighted by molar-refractivity contribution is 5.94. The summed E-state index contributed by atoms with van der Waals surface area (Å²) >= 11 is 0. The molecular weight excluding hydrogens is 230 g/mol. The monoisotopic (exact) mass is 251 g/mol. The standard InChI is InChI=1S/C13H21N3O2/c1-10-6-8-15-12(11(10)13(17)18)14-7-4-5-9-16(2)3/h6,8H,4-5,7,9H2,1-3H3,(H,14,15)(H,17,18). The lowest BCUT2D eigenvalue weighted by molar-refractivity contribution is 0.0697. The van der Waals surface area contributed by atoms with Crippen LogP contribution in [-0.2, 0) is 0 Å². The van der Waals surface area contributed by atoms with E-state index in [0.717, 1.165) is 31.5 Å². The van der Waals surface area contributed by atoms with Crippen molar-refractivity contribution in [2.24, 2.45) is 0 Å². The minimum Gasteiger partial charge on any atom is -0.478 e. The first kappa shape index (κ1) is 14.4. The van der Waals surface area contributed by atoms with Crippen LogP contribution in [0, 0.1) is 6.92 Å². The van der Waals surface area contributed by atoms with Crippen molar-refractivity contribution in [1.82, 2.24) is 9.88 Å². The van der Waals surface area contributed by atoms with Gasteiger partial charge in [0.2, 0.25) is 0 Å². The van der Waals surface area contributed by atoms with Crippen LogP contribution in [0.3, 0.4) is 0 Å². The third-order valence-corrected chi connectivity index (χ3v) is 2.70. The normalized spacial score (nSPS) is 10.7. The molecule has 0 aliphatic rings.